The summed E-state index contributed by atoms with van der Waals surface area (Å²) in [6, 6.07) is -1.08. The van der Waals surface area contributed by atoms with E-state index in [1.165, 1.54) is 4.90 Å². The number of β-amino-alcohol motifs (C(OH)–C–C–N with tert-alkyl or cyclic N) is 1. The number of esters is 1. The molecular formula is C26H39N3O7. The Hall–Kier alpha value is -2.72. The van der Waals surface area contributed by atoms with Gasteiger partial charge < -0.3 is 29.7 Å². The van der Waals surface area contributed by atoms with Crippen LogP contribution >= 0.6 is 0 Å². The summed E-state index contributed by atoms with van der Waals surface area (Å²) < 4.78 is 12.0. The number of aliphatic hydroxyl groups is 1. The number of carbonyl (C=O) groups is 4. The van der Waals surface area contributed by atoms with Gasteiger partial charge in [-0.15, -0.1) is 13.2 Å². The van der Waals surface area contributed by atoms with Crippen LogP contribution in [0.5, 0.6) is 0 Å². The number of nitrogens with one attached hydrogen (secondary N) is 1. The lowest BCUT2D eigenvalue weighted by molar-refractivity contribution is -0.159. The van der Waals surface area contributed by atoms with Gasteiger partial charge in [0, 0.05) is 25.6 Å². The first kappa shape index (κ1) is 27.9. The number of likely N-dealkylation sites (tertiary alicyclic amines) is 1. The average molecular weight is 506 g/mol. The largest absolute Gasteiger partial charge is 0.460 e. The summed E-state index contributed by atoms with van der Waals surface area (Å²) in [5, 5.41) is 12.4. The first-order chi connectivity index (χ1) is 17.1. The smallest absolute Gasteiger partial charge is 0.312 e. The molecular weight excluding hydrogens is 466 g/mol. The van der Waals surface area contributed by atoms with E-state index in [2.05, 4.69) is 18.5 Å². The van der Waals surface area contributed by atoms with Crippen molar-refractivity contribution in [1.29, 1.82) is 0 Å². The Morgan fingerprint density at radius 2 is 2.03 bits per heavy atom. The predicted octanol–water partition coefficient (Wildman–Crippen LogP) is 0.790. The Morgan fingerprint density at radius 3 is 2.64 bits per heavy atom. The Balaban J connectivity index is 1.80. The maximum Gasteiger partial charge on any atom is 0.312 e. The van der Waals surface area contributed by atoms with Gasteiger partial charge in [0.2, 0.25) is 17.7 Å². The maximum absolute atomic E-state index is 13.8. The fraction of sp³-hybridized carbons (Fsp3) is 0.692. The highest BCUT2D eigenvalue weighted by atomic mass is 16.6. The molecule has 6 atom stereocenters. The highest BCUT2D eigenvalue weighted by Crippen LogP contribution is 2.58. The van der Waals surface area contributed by atoms with Crippen molar-refractivity contribution in [3.05, 3.63) is 25.3 Å². The van der Waals surface area contributed by atoms with E-state index in [0.717, 1.165) is 0 Å². The second-order valence-corrected chi connectivity index (χ2v) is 10.1. The van der Waals surface area contributed by atoms with Crippen molar-refractivity contribution in [2.45, 2.75) is 76.3 Å². The van der Waals surface area contributed by atoms with Crippen molar-refractivity contribution < 1.29 is 33.8 Å². The molecule has 0 aromatic heterocycles. The van der Waals surface area contributed by atoms with Crippen LogP contribution in [0.4, 0.5) is 0 Å². The summed E-state index contributed by atoms with van der Waals surface area (Å²) in [5.74, 6) is -3.11. The first-order valence-corrected chi connectivity index (χ1v) is 12.7. The number of aliphatic hydroxyl groups excluding tert-OH is 1. The van der Waals surface area contributed by atoms with Crippen molar-refractivity contribution >= 4 is 23.7 Å². The second kappa shape index (κ2) is 11.6. The summed E-state index contributed by atoms with van der Waals surface area (Å²) in [6.45, 7) is 12.9. The third-order valence-corrected chi connectivity index (χ3v) is 7.36. The molecule has 2 N–H and O–H groups in total. The third-order valence-electron chi connectivity index (χ3n) is 7.36. The van der Waals surface area contributed by atoms with Crippen molar-refractivity contribution in [3.63, 3.8) is 0 Å². The lowest BCUT2D eigenvalue weighted by Gasteiger charge is -2.38. The molecule has 3 rings (SSSR count). The number of ether oxygens (including phenoxy) is 2. The van der Waals surface area contributed by atoms with Gasteiger partial charge in [0.05, 0.1) is 31.1 Å². The molecule has 0 aromatic rings. The normalized spacial score (nSPS) is 29.1. The summed E-state index contributed by atoms with van der Waals surface area (Å²) >= 11 is 0. The number of hydrogen-bond donors (Lipinski definition) is 2. The van der Waals surface area contributed by atoms with E-state index in [1.54, 1.807) is 24.0 Å². The van der Waals surface area contributed by atoms with Crippen LogP contribution in [0.15, 0.2) is 25.3 Å². The van der Waals surface area contributed by atoms with Crippen LogP contribution in [0.1, 0.15) is 46.5 Å². The molecule has 3 amide bonds. The standard InChI is InChI=1S/C26H39N3O7/c1-6-8-9-19(31)27-15-17(5)35-25(34)20-18-10-11-26(36-18)21(20)23(32)29(13-14-30)22(26)24(33)28(12-7-2)16(3)4/h6-7,16-18,20-22,30H,1-2,8-15H2,3-5H3,(H,27,31)/t17-,18-,20+,21+,22-,26+/m1/s1. The molecule has 3 aliphatic rings. The Bertz CT molecular complexity index is 891. The molecule has 3 saturated heterocycles. The first-order valence-electron chi connectivity index (χ1n) is 12.7. The molecule has 3 fully saturated rings. The molecule has 200 valence electrons. The minimum absolute atomic E-state index is 0.0313. The van der Waals surface area contributed by atoms with Crippen LogP contribution in [0.2, 0.25) is 0 Å². The molecule has 0 aromatic carbocycles. The average Bonchev–Trinajstić information content (AvgIpc) is 3.47. The summed E-state index contributed by atoms with van der Waals surface area (Å²) in [5.41, 5.74) is -1.14. The van der Waals surface area contributed by atoms with Crippen LogP contribution in [0.3, 0.4) is 0 Å². The van der Waals surface area contributed by atoms with E-state index in [9.17, 15) is 24.3 Å². The molecule has 0 saturated carbocycles. The lowest BCUT2D eigenvalue weighted by atomic mass is 9.70. The number of hydrogen-bond acceptors (Lipinski definition) is 7. The molecule has 0 aliphatic carbocycles. The molecule has 3 heterocycles. The number of amides is 3. The third kappa shape index (κ3) is 5.06. The zero-order chi connectivity index (χ0) is 26.6. The van der Waals surface area contributed by atoms with Crippen LogP contribution in [-0.2, 0) is 28.7 Å². The van der Waals surface area contributed by atoms with E-state index < -0.39 is 41.7 Å². The topological polar surface area (TPSA) is 125 Å². The van der Waals surface area contributed by atoms with Gasteiger partial charge in [0.1, 0.15) is 17.7 Å². The van der Waals surface area contributed by atoms with E-state index in [4.69, 9.17) is 9.47 Å². The monoisotopic (exact) mass is 505 g/mol. The van der Waals surface area contributed by atoms with Crippen molar-refractivity contribution in [2.24, 2.45) is 11.8 Å². The van der Waals surface area contributed by atoms with Crippen molar-refractivity contribution in [2.75, 3.05) is 26.2 Å². The highest BCUT2D eigenvalue weighted by molar-refractivity contribution is 5.98. The van der Waals surface area contributed by atoms with E-state index in [1.807, 2.05) is 13.8 Å². The van der Waals surface area contributed by atoms with Gasteiger partial charge in [-0.3, -0.25) is 19.2 Å². The second-order valence-electron chi connectivity index (χ2n) is 10.1. The van der Waals surface area contributed by atoms with Crippen LogP contribution in [0.25, 0.3) is 0 Å². The van der Waals surface area contributed by atoms with E-state index >= 15 is 0 Å². The van der Waals surface area contributed by atoms with Gasteiger partial charge in [-0.05, 0) is 40.0 Å². The van der Waals surface area contributed by atoms with Crippen LogP contribution in [0, 0.1) is 11.8 Å². The fourth-order valence-corrected chi connectivity index (χ4v) is 5.80. The van der Waals surface area contributed by atoms with Crippen molar-refractivity contribution in [1.82, 2.24) is 15.1 Å². The van der Waals surface area contributed by atoms with Crippen molar-refractivity contribution in [3.8, 4) is 0 Å². The van der Waals surface area contributed by atoms with E-state index in [0.29, 0.717) is 32.2 Å². The highest BCUT2D eigenvalue weighted by Gasteiger charge is 2.75. The fourth-order valence-electron chi connectivity index (χ4n) is 5.80. The molecule has 10 heteroatoms. The van der Waals surface area contributed by atoms with Gasteiger partial charge in [-0.25, -0.2) is 0 Å². The summed E-state index contributed by atoms with van der Waals surface area (Å²) in [4.78, 5) is 55.5. The van der Waals surface area contributed by atoms with Gasteiger partial charge in [-0.1, -0.05) is 12.2 Å². The SMILES string of the molecule is C=CCCC(=O)NC[C@@H](C)OC(=O)[C@@H]1[C@H]2C(=O)N(CCO)[C@H](C(=O)N(CC=C)C(C)C)[C@]23CC[C@H]1O3. The zero-order valence-corrected chi connectivity index (χ0v) is 21.5. The molecule has 2 bridgehead atoms. The number of carbonyl (C=O) groups excluding carboxylic acids is 4. The van der Waals surface area contributed by atoms with Gasteiger partial charge in [-0.2, -0.15) is 0 Å². The van der Waals surface area contributed by atoms with Crippen LogP contribution < -0.4 is 5.32 Å². The van der Waals surface area contributed by atoms with Gasteiger partial charge in [0.25, 0.3) is 0 Å². The summed E-state index contributed by atoms with van der Waals surface area (Å²) in [7, 11) is 0. The molecule has 1 spiro atoms. The van der Waals surface area contributed by atoms with E-state index in [-0.39, 0.29) is 43.5 Å². The predicted molar refractivity (Wildman–Crippen MR) is 131 cm³/mol. The Morgan fingerprint density at radius 1 is 1.31 bits per heavy atom. The van der Waals surface area contributed by atoms with Gasteiger partial charge >= 0.3 is 5.97 Å². The molecule has 0 unspecified atom stereocenters. The summed E-state index contributed by atoms with van der Waals surface area (Å²) in [6.07, 6.45) is 4.00. The number of allylic oxidation sites excluding steroid dienone is 1. The van der Waals surface area contributed by atoms with Gasteiger partial charge in [0.15, 0.2) is 0 Å². The minimum Gasteiger partial charge on any atom is -0.460 e. The quantitative estimate of drug-likeness (QED) is 0.280. The molecule has 0 radical (unpaired) electrons. The number of fused-ring (bicyclic) bond motifs is 1. The number of nitrogens with zero attached hydrogens (tertiary/aromatic N) is 2. The maximum atomic E-state index is 13.8. The zero-order valence-electron chi connectivity index (χ0n) is 21.5. The minimum atomic E-state index is -1.14. The molecule has 36 heavy (non-hydrogen) atoms. The van der Waals surface area contributed by atoms with Crippen LogP contribution in [-0.4, -0.2) is 94.7 Å². The number of rotatable bonds is 13. The molecule has 10 nitrogen and oxygen atoms in total. The Kier molecular flexibility index (Phi) is 8.94. The molecule has 3 aliphatic heterocycles. The lowest BCUT2D eigenvalue weighted by Crippen LogP contribution is -2.57. The Labute approximate surface area is 212 Å².